The molecule has 3 rings (SSSR count). The Balaban J connectivity index is 1.71. The second-order valence-corrected chi connectivity index (χ2v) is 6.02. The largest absolute Gasteiger partial charge is 0.495 e. The number of nitrogens with zero attached hydrogens (tertiary/aromatic N) is 4. The van der Waals surface area contributed by atoms with Gasteiger partial charge in [-0.3, -0.25) is 4.79 Å². The molecule has 0 aliphatic rings. The average Bonchev–Trinajstić information content (AvgIpc) is 2.98. The molecule has 0 radical (unpaired) electrons. The lowest BCUT2D eigenvalue weighted by atomic mass is 10.3. The van der Waals surface area contributed by atoms with Gasteiger partial charge in [0.05, 0.1) is 18.5 Å². The summed E-state index contributed by atoms with van der Waals surface area (Å²) in [6.45, 7) is 5.47. The first-order valence-electron chi connectivity index (χ1n) is 8.41. The van der Waals surface area contributed by atoms with Crippen LogP contribution in [-0.4, -0.2) is 39.4 Å². The summed E-state index contributed by atoms with van der Waals surface area (Å²) in [4.78, 5) is 20.9. The lowest BCUT2D eigenvalue weighted by molar-refractivity contribution is -0.118. The van der Waals surface area contributed by atoms with Crippen LogP contribution in [0.2, 0.25) is 0 Å². The first kappa shape index (κ1) is 18.4. The number of ether oxygens (including phenoxy) is 2. The van der Waals surface area contributed by atoms with Gasteiger partial charge in [-0.1, -0.05) is 12.1 Å². The van der Waals surface area contributed by atoms with Crippen molar-refractivity contribution in [3.8, 4) is 17.6 Å². The van der Waals surface area contributed by atoms with Crippen LogP contribution in [0.1, 0.15) is 17.1 Å². The molecule has 0 spiro atoms. The van der Waals surface area contributed by atoms with Gasteiger partial charge < -0.3 is 14.8 Å². The first-order valence-corrected chi connectivity index (χ1v) is 8.41. The molecule has 1 aromatic carbocycles. The summed E-state index contributed by atoms with van der Waals surface area (Å²) in [6.07, 6.45) is 0. The van der Waals surface area contributed by atoms with Crippen LogP contribution in [0.4, 0.5) is 5.69 Å². The number of anilines is 1. The van der Waals surface area contributed by atoms with Crippen LogP contribution in [0, 0.1) is 20.8 Å². The fraction of sp³-hybridized carbons (Fsp3) is 0.263. The van der Waals surface area contributed by atoms with Crippen LogP contribution in [0.15, 0.2) is 36.4 Å². The Labute approximate surface area is 157 Å². The highest BCUT2D eigenvalue weighted by atomic mass is 16.5. The zero-order chi connectivity index (χ0) is 19.4. The number of carbonyl (C=O) groups excluding carboxylic acids is 1. The molecule has 0 bridgehead atoms. The van der Waals surface area contributed by atoms with E-state index in [9.17, 15) is 4.79 Å². The topological polar surface area (TPSA) is 91.2 Å². The van der Waals surface area contributed by atoms with Crippen molar-refractivity contribution in [3.05, 3.63) is 53.5 Å². The Bertz CT molecular complexity index is 968. The predicted molar refractivity (Wildman–Crippen MR) is 100 cm³/mol. The number of amides is 1. The van der Waals surface area contributed by atoms with Crippen LogP contribution in [0.5, 0.6) is 11.6 Å². The van der Waals surface area contributed by atoms with Crippen molar-refractivity contribution in [1.29, 1.82) is 0 Å². The lowest BCUT2D eigenvalue weighted by Crippen LogP contribution is -2.21. The van der Waals surface area contributed by atoms with Gasteiger partial charge in [0.25, 0.3) is 11.9 Å². The molecule has 8 nitrogen and oxygen atoms in total. The minimum absolute atomic E-state index is 0.189. The molecule has 0 aliphatic heterocycles. The summed E-state index contributed by atoms with van der Waals surface area (Å²) >= 11 is 0. The normalized spacial score (nSPS) is 10.5. The number of aromatic nitrogens is 4. The summed E-state index contributed by atoms with van der Waals surface area (Å²) in [5, 5.41) is 7.13. The number of hydrogen-bond acceptors (Lipinski definition) is 6. The van der Waals surface area contributed by atoms with Crippen molar-refractivity contribution < 1.29 is 14.3 Å². The van der Waals surface area contributed by atoms with Gasteiger partial charge in [-0.15, -0.1) is 0 Å². The van der Waals surface area contributed by atoms with Crippen molar-refractivity contribution in [1.82, 2.24) is 19.7 Å². The number of nitrogens with one attached hydrogen (secondary N) is 1. The average molecular weight is 367 g/mol. The van der Waals surface area contributed by atoms with E-state index >= 15 is 0 Å². The fourth-order valence-electron chi connectivity index (χ4n) is 2.60. The maximum absolute atomic E-state index is 12.2. The monoisotopic (exact) mass is 367 g/mol. The molecule has 140 valence electrons. The molecule has 2 heterocycles. The highest BCUT2D eigenvalue weighted by Gasteiger charge is 2.12. The third-order valence-corrected chi connectivity index (χ3v) is 3.75. The highest BCUT2D eigenvalue weighted by Crippen LogP contribution is 2.23. The molecule has 27 heavy (non-hydrogen) atoms. The number of benzene rings is 1. The Morgan fingerprint density at radius 3 is 2.59 bits per heavy atom. The van der Waals surface area contributed by atoms with Crippen LogP contribution in [0.3, 0.4) is 0 Å². The van der Waals surface area contributed by atoms with E-state index in [4.69, 9.17) is 9.47 Å². The first-order chi connectivity index (χ1) is 13.0. The molecule has 0 saturated carbocycles. The fourth-order valence-corrected chi connectivity index (χ4v) is 2.60. The van der Waals surface area contributed by atoms with Gasteiger partial charge in [0.15, 0.2) is 6.61 Å². The molecule has 3 aromatic rings. The maximum Gasteiger partial charge on any atom is 0.262 e. The summed E-state index contributed by atoms with van der Waals surface area (Å²) < 4.78 is 12.4. The Hall–Kier alpha value is -3.42. The summed E-state index contributed by atoms with van der Waals surface area (Å²) in [6, 6.07) is 10.8. The third-order valence-electron chi connectivity index (χ3n) is 3.75. The summed E-state index contributed by atoms with van der Waals surface area (Å²) in [5.74, 6) is 0.972. The van der Waals surface area contributed by atoms with Crippen LogP contribution in [-0.2, 0) is 4.79 Å². The molecule has 8 heteroatoms. The van der Waals surface area contributed by atoms with Gasteiger partial charge in [-0.2, -0.15) is 10.1 Å². The van der Waals surface area contributed by atoms with Gasteiger partial charge in [0.2, 0.25) is 5.88 Å². The smallest absolute Gasteiger partial charge is 0.262 e. The van der Waals surface area contributed by atoms with Gasteiger partial charge in [-0.05, 0) is 39.0 Å². The van der Waals surface area contributed by atoms with E-state index < -0.39 is 0 Å². The summed E-state index contributed by atoms with van der Waals surface area (Å²) in [7, 11) is 1.55. The number of aryl methyl sites for hydroxylation is 3. The molecule has 0 fully saturated rings. The zero-order valence-electron chi connectivity index (χ0n) is 15.7. The van der Waals surface area contributed by atoms with Crippen LogP contribution in [0.25, 0.3) is 5.95 Å². The van der Waals surface area contributed by atoms with Crippen LogP contribution >= 0.6 is 0 Å². The Morgan fingerprint density at radius 2 is 1.89 bits per heavy atom. The summed E-state index contributed by atoms with van der Waals surface area (Å²) in [5.41, 5.74) is 3.08. The van der Waals surface area contributed by atoms with Gasteiger partial charge in [0.1, 0.15) is 5.75 Å². The second kappa shape index (κ2) is 7.86. The van der Waals surface area contributed by atoms with Gasteiger partial charge in [-0.25, -0.2) is 9.67 Å². The number of hydrogen-bond donors (Lipinski definition) is 1. The van der Waals surface area contributed by atoms with Crippen molar-refractivity contribution in [2.45, 2.75) is 20.8 Å². The maximum atomic E-state index is 12.2. The highest BCUT2D eigenvalue weighted by molar-refractivity contribution is 5.93. The Morgan fingerprint density at radius 1 is 1.11 bits per heavy atom. The van der Waals surface area contributed by atoms with E-state index in [-0.39, 0.29) is 12.5 Å². The zero-order valence-corrected chi connectivity index (χ0v) is 15.7. The second-order valence-electron chi connectivity index (χ2n) is 6.02. The van der Waals surface area contributed by atoms with E-state index in [1.807, 2.05) is 39.0 Å². The molecule has 0 unspecified atom stereocenters. The molecular weight excluding hydrogens is 346 g/mol. The molecule has 2 aromatic heterocycles. The lowest BCUT2D eigenvalue weighted by Gasteiger charge is -2.11. The number of rotatable bonds is 6. The molecular formula is C19H21N5O3. The molecule has 0 atom stereocenters. The molecule has 1 N–H and O–H groups in total. The van der Waals surface area contributed by atoms with E-state index in [0.717, 1.165) is 11.4 Å². The SMILES string of the molecule is COc1ccccc1NC(=O)COc1cc(C)nc(-n2nc(C)cc2C)n1. The molecule has 1 amide bonds. The number of methoxy groups -OCH3 is 1. The van der Waals surface area contributed by atoms with E-state index in [1.54, 1.807) is 30.0 Å². The van der Waals surface area contributed by atoms with Crippen molar-refractivity contribution >= 4 is 11.6 Å². The molecule has 0 saturated heterocycles. The predicted octanol–water partition coefficient (Wildman–Crippen LogP) is 2.61. The van der Waals surface area contributed by atoms with E-state index in [0.29, 0.717) is 29.0 Å². The third kappa shape index (κ3) is 4.41. The van der Waals surface area contributed by atoms with E-state index in [1.165, 1.54) is 0 Å². The number of para-hydroxylation sites is 2. The van der Waals surface area contributed by atoms with E-state index in [2.05, 4.69) is 20.4 Å². The Kier molecular flexibility index (Phi) is 5.35. The minimum Gasteiger partial charge on any atom is -0.495 e. The van der Waals surface area contributed by atoms with Crippen LogP contribution < -0.4 is 14.8 Å². The standard InChI is InChI=1S/C19H21N5O3/c1-12-10-18(22-19(20-12)24-14(3)9-13(2)23-24)27-11-17(25)21-15-7-5-6-8-16(15)26-4/h5-10H,11H2,1-4H3,(H,21,25). The van der Waals surface area contributed by atoms with Crippen molar-refractivity contribution in [3.63, 3.8) is 0 Å². The van der Waals surface area contributed by atoms with Crippen molar-refractivity contribution in [2.75, 3.05) is 19.0 Å². The number of carbonyl (C=O) groups is 1. The van der Waals surface area contributed by atoms with Gasteiger partial charge in [0, 0.05) is 17.5 Å². The van der Waals surface area contributed by atoms with Gasteiger partial charge >= 0.3 is 0 Å². The van der Waals surface area contributed by atoms with Crippen molar-refractivity contribution in [2.24, 2.45) is 0 Å². The molecule has 0 aliphatic carbocycles. The quantitative estimate of drug-likeness (QED) is 0.720. The minimum atomic E-state index is -0.316.